The van der Waals surface area contributed by atoms with Gasteiger partial charge in [0.1, 0.15) is 0 Å². The molecule has 0 unspecified atom stereocenters. The number of aliphatic hydroxyl groups is 1. The Morgan fingerprint density at radius 2 is 0.933 bits per heavy atom. The fraction of sp³-hybridized carbons (Fsp3) is 1.00. The number of unbranched alkanes of at least 4 members (excludes halogenated alkanes) is 12. The highest BCUT2D eigenvalue weighted by Crippen LogP contribution is 2.40. The summed E-state index contributed by atoms with van der Waals surface area (Å²) >= 11 is 0. The molecule has 0 aromatic carbocycles. The van der Waals surface area contributed by atoms with Crippen LogP contribution < -0.4 is 0 Å². The maximum absolute atomic E-state index is 8.91. The molecule has 0 amide bonds. The number of rotatable bonds is 21. The predicted octanol–water partition coefficient (Wildman–Crippen LogP) is 8.32. The van der Waals surface area contributed by atoms with Crippen molar-refractivity contribution in [3.05, 3.63) is 0 Å². The first-order valence-corrected chi connectivity index (χ1v) is 13.7. The molecule has 0 aliphatic carbocycles. The van der Waals surface area contributed by atoms with E-state index >= 15 is 0 Å². The molecule has 1 rings (SSSR count). The summed E-state index contributed by atoms with van der Waals surface area (Å²) in [7, 11) is 0. The van der Waals surface area contributed by atoms with Crippen LogP contribution >= 0.6 is 0 Å². The van der Waals surface area contributed by atoms with Crippen LogP contribution in [0.4, 0.5) is 0 Å². The quantitative estimate of drug-likeness (QED) is 0.187. The van der Waals surface area contributed by atoms with Crippen molar-refractivity contribution in [2.45, 2.75) is 167 Å². The lowest BCUT2D eigenvalue weighted by Crippen LogP contribution is -2.31. The number of hydrogen-bond acceptors (Lipinski definition) is 3. The van der Waals surface area contributed by atoms with E-state index in [0.717, 1.165) is 32.1 Å². The summed E-state index contributed by atoms with van der Waals surface area (Å²) in [6.45, 7) is 7.16. The Hall–Kier alpha value is -0.120. The van der Waals surface area contributed by atoms with Gasteiger partial charge in [0.25, 0.3) is 0 Å². The molecule has 0 saturated carbocycles. The summed E-state index contributed by atoms with van der Waals surface area (Å²) in [6, 6.07) is 0. The molecule has 3 nitrogen and oxygen atoms in total. The first-order valence-electron chi connectivity index (χ1n) is 13.7. The highest BCUT2D eigenvalue weighted by Gasteiger charge is 2.45. The summed E-state index contributed by atoms with van der Waals surface area (Å²) in [5.41, 5.74) is 0. The van der Waals surface area contributed by atoms with Gasteiger partial charge in [0, 0.05) is 19.4 Å². The Morgan fingerprint density at radius 3 is 1.37 bits per heavy atom. The highest BCUT2D eigenvalue weighted by molar-refractivity contribution is 4.86. The first-order chi connectivity index (χ1) is 14.7. The van der Waals surface area contributed by atoms with E-state index < -0.39 is 0 Å². The molecule has 1 fully saturated rings. The van der Waals surface area contributed by atoms with E-state index in [4.69, 9.17) is 14.6 Å². The van der Waals surface area contributed by atoms with Crippen molar-refractivity contribution < 1.29 is 14.6 Å². The van der Waals surface area contributed by atoms with Crippen LogP contribution in [0.25, 0.3) is 0 Å². The van der Waals surface area contributed by atoms with E-state index in [0.29, 0.717) is 18.8 Å². The topological polar surface area (TPSA) is 38.7 Å². The second-order valence-corrected chi connectivity index (χ2v) is 9.62. The van der Waals surface area contributed by atoms with Crippen molar-refractivity contribution in [1.82, 2.24) is 0 Å². The van der Waals surface area contributed by atoms with Crippen LogP contribution in [0, 0.1) is 0 Å². The average Bonchev–Trinajstić information content (AvgIpc) is 3.10. The van der Waals surface area contributed by atoms with Crippen LogP contribution in [-0.4, -0.2) is 29.7 Å². The van der Waals surface area contributed by atoms with Crippen molar-refractivity contribution in [3.63, 3.8) is 0 Å². The molecule has 0 spiro atoms. The number of hydrogen-bond donors (Lipinski definition) is 1. The van der Waals surface area contributed by atoms with E-state index in [2.05, 4.69) is 20.8 Å². The van der Waals surface area contributed by atoms with Crippen molar-refractivity contribution in [2.75, 3.05) is 6.61 Å². The molecule has 30 heavy (non-hydrogen) atoms. The molecule has 2 atom stereocenters. The van der Waals surface area contributed by atoms with E-state index in [1.807, 2.05) is 0 Å². The lowest BCUT2D eigenvalue weighted by Gasteiger charge is -2.28. The van der Waals surface area contributed by atoms with Crippen LogP contribution in [0.3, 0.4) is 0 Å². The predicted molar refractivity (Wildman–Crippen MR) is 129 cm³/mol. The minimum Gasteiger partial charge on any atom is -0.396 e. The van der Waals surface area contributed by atoms with Crippen molar-refractivity contribution in [3.8, 4) is 0 Å². The molecule has 1 N–H and O–H groups in total. The van der Waals surface area contributed by atoms with E-state index in [1.165, 1.54) is 96.3 Å². The third kappa shape index (κ3) is 12.1. The molecule has 3 heteroatoms. The Labute approximate surface area is 188 Å². The molecule has 1 heterocycles. The van der Waals surface area contributed by atoms with Crippen molar-refractivity contribution in [2.24, 2.45) is 0 Å². The Balaban J connectivity index is 2.51. The van der Waals surface area contributed by atoms with Crippen LogP contribution in [0.15, 0.2) is 0 Å². The van der Waals surface area contributed by atoms with Gasteiger partial charge in [-0.05, 0) is 32.1 Å². The lowest BCUT2D eigenvalue weighted by molar-refractivity contribution is -0.187. The third-order valence-corrected chi connectivity index (χ3v) is 6.71. The Bertz CT molecular complexity index is 363. The normalized spacial score (nSPS) is 20.8. The third-order valence-electron chi connectivity index (χ3n) is 6.71. The molecule has 1 aliphatic heterocycles. The molecule has 1 saturated heterocycles. The summed E-state index contributed by atoms with van der Waals surface area (Å²) in [5, 5.41) is 8.91. The SMILES string of the molecule is CCCCCCCC[C@@H]1OC(CCCC)(CCCC)O[C@H]1CCCCCCCCO. The van der Waals surface area contributed by atoms with Gasteiger partial charge in [0.15, 0.2) is 5.79 Å². The van der Waals surface area contributed by atoms with Gasteiger partial charge in [-0.1, -0.05) is 104 Å². The monoisotopic (exact) mass is 426 g/mol. The zero-order valence-corrected chi connectivity index (χ0v) is 20.8. The summed E-state index contributed by atoms with van der Waals surface area (Å²) in [6.07, 6.45) is 25.1. The molecule has 1 aliphatic rings. The van der Waals surface area contributed by atoms with E-state index in [-0.39, 0.29) is 5.79 Å². The van der Waals surface area contributed by atoms with Crippen LogP contribution in [-0.2, 0) is 9.47 Å². The van der Waals surface area contributed by atoms with Gasteiger partial charge in [0.05, 0.1) is 12.2 Å². The first kappa shape index (κ1) is 27.9. The van der Waals surface area contributed by atoms with Crippen molar-refractivity contribution >= 4 is 0 Å². The van der Waals surface area contributed by atoms with Gasteiger partial charge < -0.3 is 14.6 Å². The molecule has 0 radical (unpaired) electrons. The summed E-state index contributed by atoms with van der Waals surface area (Å²) in [4.78, 5) is 0. The van der Waals surface area contributed by atoms with Gasteiger partial charge in [0.2, 0.25) is 0 Å². The largest absolute Gasteiger partial charge is 0.396 e. The number of aliphatic hydroxyl groups excluding tert-OH is 1. The second kappa shape index (κ2) is 18.5. The minimum atomic E-state index is -0.301. The number of ether oxygens (including phenoxy) is 2. The molecule has 180 valence electrons. The minimum absolute atomic E-state index is 0.298. The van der Waals surface area contributed by atoms with Gasteiger partial charge in [-0.2, -0.15) is 0 Å². The van der Waals surface area contributed by atoms with Gasteiger partial charge in [-0.25, -0.2) is 0 Å². The molecule has 0 aromatic rings. The van der Waals surface area contributed by atoms with Gasteiger partial charge in [-0.3, -0.25) is 0 Å². The van der Waals surface area contributed by atoms with Gasteiger partial charge >= 0.3 is 0 Å². The molecule has 0 aromatic heterocycles. The summed E-state index contributed by atoms with van der Waals surface area (Å²) < 4.78 is 13.5. The van der Waals surface area contributed by atoms with E-state index in [1.54, 1.807) is 0 Å². The molecular formula is C27H54O3. The van der Waals surface area contributed by atoms with Crippen molar-refractivity contribution in [1.29, 1.82) is 0 Å². The Morgan fingerprint density at radius 1 is 0.533 bits per heavy atom. The van der Waals surface area contributed by atoms with Gasteiger partial charge in [-0.15, -0.1) is 0 Å². The smallest absolute Gasteiger partial charge is 0.169 e. The zero-order valence-electron chi connectivity index (χ0n) is 20.8. The fourth-order valence-corrected chi connectivity index (χ4v) is 4.76. The summed E-state index contributed by atoms with van der Waals surface area (Å²) in [5.74, 6) is -0.301. The highest BCUT2D eigenvalue weighted by atomic mass is 16.8. The van der Waals surface area contributed by atoms with Crippen LogP contribution in [0.2, 0.25) is 0 Å². The standard InChI is InChI=1S/C27H54O3/c1-4-7-10-11-14-17-20-25-26(21-18-15-12-13-16-19-24-28)30-27(29-25,22-8-5-2)23-9-6-3/h25-26,28H,4-24H2,1-3H3/t25-,26-/m0/s1. The molecule has 0 bridgehead atoms. The zero-order chi connectivity index (χ0) is 21.9. The average molecular weight is 427 g/mol. The molecular weight excluding hydrogens is 372 g/mol. The maximum atomic E-state index is 8.91. The fourth-order valence-electron chi connectivity index (χ4n) is 4.76. The van der Waals surface area contributed by atoms with Crippen LogP contribution in [0.5, 0.6) is 0 Å². The maximum Gasteiger partial charge on any atom is 0.169 e. The lowest BCUT2D eigenvalue weighted by atomic mass is 9.99. The van der Waals surface area contributed by atoms with E-state index in [9.17, 15) is 0 Å². The second-order valence-electron chi connectivity index (χ2n) is 9.62. The van der Waals surface area contributed by atoms with Crippen LogP contribution in [0.1, 0.15) is 149 Å². The Kier molecular flexibility index (Phi) is 17.2.